The van der Waals surface area contributed by atoms with Crippen LogP contribution >= 0.6 is 11.8 Å². The first-order valence-electron chi connectivity index (χ1n) is 12.3. The Morgan fingerprint density at radius 1 is 0.821 bits per heavy atom. The van der Waals surface area contributed by atoms with Gasteiger partial charge in [0.15, 0.2) is 16.5 Å². The summed E-state index contributed by atoms with van der Waals surface area (Å²) in [5, 5.41) is 13.8. The van der Waals surface area contributed by atoms with Crippen molar-refractivity contribution in [3.05, 3.63) is 120 Å². The third-order valence-electron chi connectivity index (χ3n) is 5.77. The quantitative estimate of drug-likeness (QED) is 0.152. The van der Waals surface area contributed by atoms with Crippen LogP contribution in [0.25, 0.3) is 11.3 Å². The fourth-order valence-corrected chi connectivity index (χ4v) is 4.23. The molecule has 0 amide bonds. The molecule has 0 aliphatic carbocycles. The molecule has 0 fully saturated rings. The minimum absolute atomic E-state index is 0.235. The molecule has 8 heteroatoms. The van der Waals surface area contributed by atoms with Crippen LogP contribution in [0.1, 0.15) is 16.7 Å². The second-order valence-corrected chi connectivity index (χ2v) is 9.23. The number of rotatable bonds is 10. The van der Waals surface area contributed by atoms with Crippen LogP contribution in [0.2, 0.25) is 0 Å². The third-order valence-corrected chi connectivity index (χ3v) is 6.32. The number of hydrogen-bond donors (Lipinski definition) is 1. The summed E-state index contributed by atoms with van der Waals surface area (Å²) in [6, 6.07) is 33.5. The summed E-state index contributed by atoms with van der Waals surface area (Å²) in [5.74, 6) is 1.29. The number of hydrogen-bond acceptors (Lipinski definition) is 8. The highest BCUT2D eigenvalue weighted by molar-refractivity contribution is 7.98. The Balaban J connectivity index is 1.40. The van der Waals surface area contributed by atoms with Crippen molar-refractivity contribution in [1.29, 1.82) is 5.26 Å². The second kappa shape index (κ2) is 12.6. The number of nitrogens with one attached hydrogen (secondary N) is 1. The average Bonchev–Trinajstić information content (AvgIpc) is 3.00. The first kappa shape index (κ1) is 25.8. The predicted molar refractivity (Wildman–Crippen MR) is 153 cm³/mol. The largest absolute Gasteiger partial charge is 0.487 e. The molecule has 0 saturated carbocycles. The van der Waals surface area contributed by atoms with E-state index in [0.29, 0.717) is 29.9 Å². The molecule has 2 heterocycles. The van der Waals surface area contributed by atoms with Crippen LogP contribution in [-0.2, 0) is 13.2 Å². The Bertz CT molecular complexity index is 1590. The van der Waals surface area contributed by atoms with Gasteiger partial charge in [0.25, 0.3) is 0 Å². The molecule has 0 bridgehead atoms. The zero-order chi connectivity index (χ0) is 26.9. The van der Waals surface area contributed by atoms with Gasteiger partial charge in [0.1, 0.15) is 30.7 Å². The van der Waals surface area contributed by atoms with Crippen molar-refractivity contribution in [2.45, 2.75) is 18.4 Å². The maximum absolute atomic E-state index is 9.98. The minimum atomic E-state index is 0.235. The normalized spacial score (nSPS) is 10.5. The van der Waals surface area contributed by atoms with Crippen molar-refractivity contribution in [3.63, 3.8) is 0 Å². The van der Waals surface area contributed by atoms with Gasteiger partial charge in [0.2, 0.25) is 5.88 Å². The number of anilines is 2. The van der Waals surface area contributed by atoms with Gasteiger partial charge in [-0.15, -0.1) is 0 Å². The number of thioether (sulfide) groups is 1. The zero-order valence-electron chi connectivity index (χ0n) is 21.2. The highest BCUT2D eigenvalue weighted by Crippen LogP contribution is 2.32. The van der Waals surface area contributed by atoms with Crippen LogP contribution in [0.4, 0.5) is 11.5 Å². The lowest BCUT2D eigenvalue weighted by Gasteiger charge is -2.14. The van der Waals surface area contributed by atoms with Gasteiger partial charge in [0.05, 0.1) is 0 Å². The maximum atomic E-state index is 9.98. The van der Waals surface area contributed by atoms with Crippen LogP contribution in [0.15, 0.2) is 108 Å². The Morgan fingerprint density at radius 2 is 1.54 bits per heavy atom. The summed E-state index contributed by atoms with van der Waals surface area (Å²) in [6.07, 6.45) is 3.62. The van der Waals surface area contributed by atoms with Crippen molar-refractivity contribution >= 4 is 23.3 Å². The fraction of sp³-hybridized carbons (Fsp3) is 0.0968. The standard InChI is InChI=1S/C31H25N5O2S/c1-39-31-35-29(26(19-32)30(36-31)38-21-23-12-6-3-7-13-23)34-25-15-8-14-24(18-25)28-27(16-9-17-33-28)37-20-22-10-4-2-5-11-22/h2-18H,20-21H2,1H3,(H,34,35,36). The molecule has 0 unspecified atom stereocenters. The van der Waals surface area contributed by atoms with Gasteiger partial charge in [-0.25, -0.2) is 4.98 Å². The lowest BCUT2D eigenvalue weighted by Crippen LogP contribution is -2.06. The predicted octanol–water partition coefficient (Wildman–Crippen LogP) is 7.03. The molecule has 5 rings (SSSR count). The minimum Gasteiger partial charge on any atom is -0.487 e. The molecule has 5 aromatic rings. The monoisotopic (exact) mass is 531 g/mol. The van der Waals surface area contributed by atoms with E-state index in [1.54, 1.807) is 6.20 Å². The molecular weight excluding hydrogens is 506 g/mol. The van der Waals surface area contributed by atoms with Crippen molar-refractivity contribution in [1.82, 2.24) is 15.0 Å². The van der Waals surface area contributed by atoms with Crippen LogP contribution < -0.4 is 14.8 Å². The lowest BCUT2D eigenvalue weighted by molar-refractivity contribution is 0.290. The molecule has 7 nitrogen and oxygen atoms in total. The van der Waals surface area contributed by atoms with Crippen molar-refractivity contribution in [3.8, 4) is 29.0 Å². The Labute approximate surface area is 231 Å². The van der Waals surface area contributed by atoms with Crippen LogP contribution in [0.5, 0.6) is 11.6 Å². The molecule has 1 N–H and O–H groups in total. The summed E-state index contributed by atoms with van der Waals surface area (Å²) in [5.41, 5.74) is 4.61. The second-order valence-electron chi connectivity index (χ2n) is 8.46. The molecule has 39 heavy (non-hydrogen) atoms. The van der Waals surface area contributed by atoms with E-state index in [0.717, 1.165) is 28.1 Å². The molecule has 0 aliphatic heterocycles. The van der Waals surface area contributed by atoms with E-state index in [2.05, 4.69) is 26.3 Å². The fourth-order valence-electron chi connectivity index (χ4n) is 3.87. The van der Waals surface area contributed by atoms with Crippen molar-refractivity contribution < 1.29 is 9.47 Å². The van der Waals surface area contributed by atoms with E-state index in [9.17, 15) is 5.26 Å². The summed E-state index contributed by atoms with van der Waals surface area (Å²) in [7, 11) is 0. The van der Waals surface area contributed by atoms with Gasteiger partial charge in [-0.2, -0.15) is 10.2 Å². The summed E-state index contributed by atoms with van der Waals surface area (Å²) < 4.78 is 12.1. The van der Waals surface area contributed by atoms with Crippen LogP contribution in [0.3, 0.4) is 0 Å². The average molecular weight is 532 g/mol. The first-order valence-corrected chi connectivity index (χ1v) is 13.5. The Hall–Kier alpha value is -4.87. The summed E-state index contributed by atoms with van der Waals surface area (Å²) in [6.45, 7) is 0.730. The number of pyridine rings is 1. The molecule has 3 aromatic carbocycles. The lowest BCUT2D eigenvalue weighted by atomic mass is 10.1. The molecule has 0 atom stereocenters. The number of aromatic nitrogens is 3. The van der Waals surface area contributed by atoms with Gasteiger partial charge >= 0.3 is 0 Å². The van der Waals surface area contributed by atoms with Gasteiger partial charge in [-0.3, -0.25) is 4.98 Å². The Morgan fingerprint density at radius 3 is 2.23 bits per heavy atom. The molecular formula is C31H25N5O2S. The molecule has 0 radical (unpaired) electrons. The summed E-state index contributed by atoms with van der Waals surface area (Å²) >= 11 is 1.38. The first-order chi connectivity index (χ1) is 19.2. The molecule has 0 saturated heterocycles. The van der Waals surface area contributed by atoms with E-state index >= 15 is 0 Å². The number of benzene rings is 3. The van der Waals surface area contributed by atoms with Gasteiger partial charge < -0.3 is 14.8 Å². The third kappa shape index (κ3) is 6.53. The van der Waals surface area contributed by atoms with E-state index in [4.69, 9.17) is 9.47 Å². The van der Waals surface area contributed by atoms with Gasteiger partial charge in [-0.05, 0) is 41.6 Å². The maximum Gasteiger partial charge on any atom is 0.238 e. The smallest absolute Gasteiger partial charge is 0.238 e. The SMILES string of the molecule is CSc1nc(Nc2cccc(-c3ncccc3OCc3ccccc3)c2)c(C#N)c(OCc2ccccc2)n1. The Kier molecular flexibility index (Phi) is 8.31. The molecule has 0 aliphatic rings. The van der Waals surface area contributed by atoms with Gasteiger partial charge in [0, 0.05) is 17.4 Å². The van der Waals surface area contributed by atoms with Gasteiger partial charge in [-0.1, -0.05) is 84.6 Å². The number of nitrogens with zero attached hydrogens (tertiary/aromatic N) is 4. The van der Waals surface area contributed by atoms with E-state index in [-0.39, 0.29) is 11.4 Å². The molecule has 0 spiro atoms. The molecule has 2 aromatic heterocycles. The van der Waals surface area contributed by atoms with Crippen LogP contribution in [-0.4, -0.2) is 21.2 Å². The molecule has 192 valence electrons. The van der Waals surface area contributed by atoms with Crippen molar-refractivity contribution in [2.75, 3.05) is 11.6 Å². The topological polar surface area (TPSA) is 93.0 Å². The highest BCUT2D eigenvalue weighted by atomic mass is 32.2. The van der Waals surface area contributed by atoms with E-state index in [1.807, 2.05) is 103 Å². The summed E-state index contributed by atoms with van der Waals surface area (Å²) in [4.78, 5) is 13.6. The van der Waals surface area contributed by atoms with Crippen molar-refractivity contribution in [2.24, 2.45) is 0 Å². The number of ether oxygens (including phenoxy) is 2. The van der Waals surface area contributed by atoms with E-state index < -0.39 is 0 Å². The van der Waals surface area contributed by atoms with Crippen LogP contribution in [0, 0.1) is 11.3 Å². The van der Waals surface area contributed by atoms with E-state index in [1.165, 1.54) is 11.8 Å². The zero-order valence-corrected chi connectivity index (χ0v) is 22.1. The number of nitriles is 1. The highest BCUT2D eigenvalue weighted by Gasteiger charge is 2.17.